The minimum absolute atomic E-state index is 0.00557. The minimum atomic E-state index is -1.53. The van der Waals surface area contributed by atoms with Crippen molar-refractivity contribution in [3.63, 3.8) is 0 Å². The number of carbonyl (C=O) groups is 3. The highest BCUT2D eigenvalue weighted by molar-refractivity contribution is 6.29. The van der Waals surface area contributed by atoms with E-state index in [0.717, 1.165) is 5.57 Å². The van der Waals surface area contributed by atoms with Gasteiger partial charge in [-0.25, -0.2) is 4.79 Å². The summed E-state index contributed by atoms with van der Waals surface area (Å²) in [5, 5.41) is 11.8. The van der Waals surface area contributed by atoms with Crippen LogP contribution in [-0.2, 0) is 14.3 Å². The van der Waals surface area contributed by atoms with E-state index in [0.29, 0.717) is 19.3 Å². The van der Waals surface area contributed by atoms with Crippen LogP contribution in [0.25, 0.3) is 0 Å². The molecule has 6 nitrogen and oxygen atoms in total. The van der Waals surface area contributed by atoms with Crippen molar-refractivity contribution in [1.82, 2.24) is 0 Å². The maximum atomic E-state index is 13.6. The second-order valence-corrected chi connectivity index (χ2v) is 12.0. The summed E-state index contributed by atoms with van der Waals surface area (Å²) in [6.07, 6.45) is 7.44. The number of Topliss-reactive ketones (excluding diaryl/α,β-unsaturated/α-hetero) is 1. The van der Waals surface area contributed by atoms with Gasteiger partial charge in [-0.05, 0) is 61.8 Å². The molecule has 0 aliphatic heterocycles. The van der Waals surface area contributed by atoms with Gasteiger partial charge in [-0.2, -0.15) is 0 Å². The van der Waals surface area contributed by atoms with Gasteiger partial charge in [0.15, 0.2) is 17.2 Å². The van der Waals surface area contributed by atoms with E-state index >= 15 is 0 Å². The molecule has 8 atom stereocenters. The summed E-state index contributed by atoms with van der Waals surface area (Å²) >= 11 is 13.6. The molecule has 0 bridgehead atoms. The molecule has 188 valence electrons. The van der Waals surface area contributed by atoms with Crippen LogP contribution in [0.5, 0.6) is 0 Å². The number of furan rings is 1. The maximum Gasteiger partial charge on any atom is 0.375 e. The Morgan fingerprint density at radius 1 is 1.29 bits per heavy atom. The number of hydrogen-bond donors (Lipinski definition) is 1. The maximum absolute atomic E-state index is 13.6. The lowest BCUT2D eigenvalue weighted by Gasteiger charge is -2.64. The van der Waals surface area contributed by atoms with Crippen molar-refractivity contribution < 1.29 is 28.6 Å². The lowest BCUT2D eigenvalue weighted by atomic mass is 9.45. The first-order valence-electron chi connectivity index (χ1n) is 12.1. The Bertz CT molecular complexity index is 1140. The summed E-state index contributed by atoms with van der Waals surface area (Å²) in [7, 11) is 0. The van der Waals surface area contributed by atoms with Gasteiger partial charge >= 0.3 is 5.97 Å². The third kappa shape index (κ3) is 3.02. The van der Waals surface area contributed by atoms with Gasteiger partial charge < -0.3 is 14.3 Å². The van der Waals surface area contributed by atoms with Gasteiger partial charge in [0.1, 0.15) is 0 Å². The Labute approximate surface area is 214 Å². The molecule has 1 heterocycles. The topological polar surface area (TPSA) is 93.8 Å². The molecule has 0 amide bonds. The molecule has 0 spiro atoms. The molecule has 5 rings (SSSR count). The summed E-state index contributed by atoms with van der Waals surface area (Å²) in [6.45, 7) is 5.81. The molecule has 1 aromatic rings. The highest BCUT2D eigenvalue weighted by Gasteiger charge is 2.76. The fourth-order valence-electron chi connectivity index (χ4n) is 8.09. The van der Waals surface area contributed by atoms with Crippen LogP contribution in [0.1, 0.15) is 57.0 Å². The number of esters is 1. The molecule has 3 fully saturated rings. The monoisotopic (exact) mass is 520 g/mol. The van der Waals surface area contributed by atoms with Crippen molar-refractivity contribution in [2.75, 3.05) is 5.88 Å². The van der Waals surface area contributed by atoms with Crippen LogP contribution in [0, 0.1) is 28.6 Å². The van der Waals surface area contributed by atoms with Crippen molar-refractivity contribution in [1.29, 1.82) is 0 Å². The number of aliphatic hydroxyl groups is 1. The van der Waals surface area contributed by atoms with Crippen molar-refractivity contribution in [3.05, 3.63) is 48.0 Å². The van der Waals surface area contributed by atoms with E-state index < -0.39 is 33.4 Å². The molecule has 0 radical (unpaired) electrons. The summed E-state index contributed by atoms with van der Waals surface area (Å²) in [5.74, 6) is -2.12. The van der Waals surface area contributed by atoms with E-state index in [4.69, 9.17) is 32.4 Å². The summed E-state index contributed by atoms with van der Waals surface area (Å²) < 4.78 is 11.3. The van der Waals surface area contributed by atoms with Crippen LogP contribution in [0.4, 0.5) is 0 Å². The van der Waals surface area contributed by atoms with Gasteiger partial charge in [-0.15, -0.1) is 23.2 Å². The Morgan fingerprint density at radius 3 is 2.69 bits per heavy atom. The first-order valence-corrected chi connectivity index (χ1v) is 13.0. The molecule has 0 unspecified atom stereocenters. The predicted molar refractivity (Wildman–Crippen MR) is 130 cm³/mol. The molecule has 4 aliphatic rings. The third-order valence-electron chi connectivity index (χ3n) is 9.69. The lowest BCUT2D eigenvalue weighted by molar-refractivity contribution is -0.177. The Morgan fingerprint density at radius 2 is 2.03 bits per heavy atom. The highest BCUT2D eigenvalue weighted by Crippen LogP contribution is 2.72. The van der Waals surface area contributed by atoms with Crippen LogP contribution in [0.15, 0.2) is 46.6 Å². The van der Waals surface area contributed by atoms with Crippen molar-refractivity contribution in [3.8, 4) is 0 Å². The second kappa shape index (κ2) is 8.06. The zero-order valence-corrected chi connectivity index (χ0v) is 21.6. The van der Waals surface area contributed by atoms with E-state index in [2.05, 4.69) is 0 Å². The molecular formula is C27H30Cl2O6. The van der Waals surface area contributed by atoms with Gasteiger partial charge in [-0.1, -0.05) is 32.4 Å². The molecular weight excluding hydrogens is 491 g/mol. The number of carbonyl (C=O) groups excluding carboxylic acids is 3. The van der Waals surface area contributed by atoms with Crippen LogP contribution < -0.4 is 0 Å². The van der Waals surface area contributed by atoms with E-state index in [1.165, 1.54) is 18.4 Å². The van der Waals surface area contributed by atoms with E-state index in [9.17, 15) is 19.5 Å². The van der Waals surface area contributed by atoms with E-state index in [1.54, 1.807) is 12.1 Å². The fourth-order valence-corrected chi connectivity index (χ4v) is 8.81. The first-order chi connectivity index (χ1) is 16.5. The number of aliphatic hydroxyl groups excluding tert-OH is 1. The summed E-state index contributed by atoms with van der Waals surface area (Å²) in [6, 6.07) is 3.07. The zero-order valence-electron chi connectivity index (χ0n) is 20.1. The summed E-state index contributed by atoms with van der Waals surface area (Å²) in [4.78, 5) is 37.7. The number of ether oxygens (including phenoxy) is 1. The molecule has 0 saturated heterocycles. The predicted octanol–water partition coefficient (Wildman–Crippen LogP) is 4.87. The molecule has 3 saturated carbocycles. The zero-order chi connectivity index (χ0) is 25.4. The largest absolute Gasteiger partial charge is 0.457 e. The molecule has 1 N–H and O–H groups in total. The van der Waals surface area contributed by atoms with Gasteiger partial charge in [0.25, 0.3) is 0 Å². The molecule has 0 aromatic carbocycles. The Hall–Kier alpha value is -1.89. The smallest absolute Gasteiger partial charge is 0.375 e. The standard InChI is InChI=1S/C27H30Cl2O6/c1-15-11-19-18-7-6-16-12-17(30)8-9-24(16,2)26(18,29)21(31)13-25(19,3)27(15,22(32)14-28)35-23(33)20-5-4-10-34-20/h4-5,8-10,12,15,18-19,21,31H,6-7,11,13-14H2,1-3H3/t15-,18+,19+,21+,24+,25+,26-,27+/m1/s1. The second-order valence-electron chi connectivity index (χ2n) is 11.1. The number of allylic oxidation sites excluding steroid dienone is 4. The number of ketones is 2. The van der Waals surface area contributed by atoms with Gasteiger partial charge in [0.2, 0.25) is 5.76 Å². The Kier molecular flexibility index (Phi) is 5.71. The normalized spacial score (nSPS) is 44.2. The Balaban J connectivity index is 1.61. The SMILES string of the molecule is C[C@@H]1C[C@H]2[C@@H]3CCC4=CC(=O)C=C[C@]4(C)[C@]3(Cl)[C@@H](O)C[C@]2(C)[C@@]1(OC(=O)c1ccco1)C(=O)CCl. The van der Waals surface area contributed by atoms with Crippen molar-refractivity contribution >= 4 is 40.7 Å². The first kappa shape index (κ1) is 24.8. The highest BCUT2D eigenvalue weighted by atomic mass is 35.5. The van der Waals surface area contributed by atoms with Gasteiger partial charge in [-0.3, -0.25) is 9.59 Å². The fraction of sp³-hybridized carbons (Fsp3) is 0.593. The average molecular weight is 521 g/mol. The van der Waals surface area contributed by atoms with Gasteiger partial charge in [0.05, 0.1) is 23.1 Å². The van der Waals surface area contributed by atoms with Crippen molar-refractivity contribution in [2.24, 2.45) is 28.6 Å². The molecule has 8 heteroatoms. The van der Waals surface area contributed by atoms with Crippen LogP contribution in [-0.4, -0.2) is 45.1 Å². The summed E-state index contributed by atoms with van der Waals surface area (Å²) in [5.41, 5.74) is -2.20. The number of hydrogen-bond acceptors (Lipinski definition) is 6. The minimum Gasteiger partial charge on any atom is -0.457 e. The van der Waals surface area contributed by atoms with Crippen LogP contribution in [0.3, 0.4) is 0 Å². The number of halogens is 2. The number of rotatable bonds is 4. The average Bonchev–Trinajstić information content (AvgIpc) is 3.42. The quantitative estimate of drug-likeness (QED) is 0.449. The molecule has 35 heavy (non-hydrogen) atoms. The van der Waals surface area contributed by atoms with E-state index in [1.807, 2.05) is 26.8 Å². The van der Waals surface area contributed by atoms with Gasteiger partial charge in [0, 0.05) is 16.7 Å². The van der Waals surface area contributed by atoms with Crippen molar-refractivity contribution in [2.45, 2.75) is 63.0 Å². The van der Waals surface area contributed by atoms with Crippen LogP contribution in [0.2, 0.25) is 0 Å². The van der Waals surface area contributed by atoms with Crippen LogP contribution >= 0.6 is 23.2 Å². The lowest BCUT2D eigenvalue weighted by Crippen LogP contribution is -2.69. The number of alkyl halides is 2. The molecule has 1 aromatic heterocycles. The molecule has 4 aliphatic carbocycles. The van der Waals surface area contributed by atoms with E-state index in [-0.39, 0.29) is 47.4 Å². The number of fused-ring (bicyclic) bond motifs is 5. The third-order valence-corrected chi connectivity index (χ3v) is 10.9.